The zero-order valence-corrected chi connectivity index (χ0v) is 7.76. The zero-order chi connectivity index (χ0) is 9.84. The summed E-state index contributed by atoms with van der Waals surface area (Å²) >= 11 is -2.40. The Morgan fingerprint density at radius 3 is 2.62 bits per heavy atom. The fourth-order valence-corrected chi connectivity index (χ4v) is 1.33. The number of nitrogens with one attached hydrogen (secondary N) is 1. The van der Waals surface area contributed by atoms with Gasteiger partial charge < -0.3 is 9.27 Å². The molecule has 1 N–H and O–H groups in total. The summed E-state index contributed by atoms with van der Waals surface area (Å²) in [6, 6.07) is 6.43. The van der Waals surface area contributed by atoms with Gasteiger partial charge in [-0.25, -0.2) is 0 Å². The normalized spacial score (nSPS) is 12.2. The molecule has 0 aromatic heterocycles. The topological polar surface area (TPSA) is 69.2 Å². The van der Waals surface area contributed by atoms with Crippen LogP contribution in [0.1, 0.15) is 17.3 Å². The van der Waals surface area contributed by atoms with Crippen molar-refractivity contribution in [2.75, 3.05) is 4.72 Å². The molecule has 0 amide bonds. The van der Waals surface area contributed by atoms with Crippen LogP contribution >= 0.6 is 0 Å². The van der Waals surface area contributed by atoms with Crippen LogP contribution in [0.3, 0.4) is 0 Å². The van der Waals surface area contributed by atoms with Gasteiger partial charge in [-0.2, -0.15) is 0 Å². The van der Waals surface area contributed by atoms with Crippen molar-refractivity contribution < 1.29 is 13.6 Å². The summed E-state index contributed by atoms with van der Waals surface area (Å²) < 4.78 is 22.8. The maximum Gasteiger partial charge on any atom is 0.161 e. The van der Waals surface area contributed by atoms with E-state index in [9.17, 15) is 13.6 Å². The first-order valence-corrected chi connectivity index (χ1v) is 4.64. The molecule has 4 nitrogen and oxygen atoms in total. The molecule has 0 saturated carbocycles. The van der Waals surface area contributed by atoms with Gasteiger partial charge in [0.25, 0.3) is 0 Å². The largest absolute Gasteiger partial charge is 0.755 e. The van der Waals surface area contributed by atoms with Gasteiger partial charge in [-0.05, 0) is 19.1 Å². The van der Waals surface area contributed by atoms with E-state index in [1.807, 2.05) is 0 Å². The van der Waals surface area contributed by atoms with Crippen molar-refractivity contribution in [2.24, 2.45) is 0 Å². The van der Waals surface area contributed by atoms with Crippen molar-refractivity contribution in [3.63, 3.8) is 0 Å². The number of hydrogen-bond donors (Lipinski definition) is 1. The Kier molecular flexibility index (Phi) is 3.16. The van der Waals surface area contributed by atoms with Gasteiger partial charge in [-0.3, -0.25) is 9.00 Å². The quantitative estimate of drug-likeness (QED) is 0.584. The highest BCUT2D eigenvalue weighted by Crippen LogP contribution is 2.15. The smallest absolute Gasteiger partial charge is 0.161 e. The van der Waals surface area contributed by atoms with Crippen LogP contribution in [0.4, 0.5) is 5.69 Å². The van der Waals surface area contributed by atoms with Gasteiger partial charge in [0, 0.05) is 16.8 Å². The fourth-order valence-electron chi connectivity index (χ4n) is 0.969. The van der Waals surface area contributed by atoms with Crippen molar-refractivity contribution >= 4 is 22.7 Å². The first-order chi connectivity index (χ1) is 6.11. The van der Waals surface area contributed by atoms with Crippen LogP contribution in [0, 0.1) is 0 Å². The number of carbonyl (C=O) groups is 1. The third-order valence-corrected chi connectivity index (χ3v) is 1.89. The van der Waals surface area contributed by atoms with E-state index < -0.39 is 11.3 Å². The molecule has 0 heterocycles. The Morgan fingerprint density at radius 1 is 1.46 bits per heavy atom. The average molecular weight is 198 g/mol. The molecule has 0 saturated heterocycles. The lowest BCUT2D eigenvalue weighted by molar-refractivity contribution is 0.101. The molecule has 0 bridgehead atoms. The van der Waals surface area contributed by atoms with Gasteiger partial charge in [0.1, 0.15) is 0 Å². The number of ketones is 1. The molecule has 0 aliphatic carbocycles. The Balaban J connectivity index is 3.04. The van der Waals surface area contributed by atoms with Gasteiger partial charge in [0.15, 0.2) is 5.78 Å². The highest BCUT2D eigenvalue weighted by Gasteiger charge is 2.04. The third kappa shape index (κ3) is 2.64. The van der Waals surface area contributed by atoms with E-state index in [0.717, 1.165) is 0 Å². The zero-order valence-electron chi connectivity index (χ0n) is 6.94. The number of para-hydroxylation sites is 1. The highest BCUT2D eigenvalue weighted by atomic mass is 32.2. The Morgan fingerprint density at radius 2 is 2.08 bits per heavy atom. The first kappa shape index (κ1) is 9.88. The maximum atomic E-state index is 11.0. The minimum absolute atomic E-state index is 0.173. The van der Waals surface area contributed by atoms with Crippen LogP contribution in [-0.4, -0.2) is 14.5 Å². The van der Waals surface area contributed by atoms with Crippen LogP contribution < -0.4 is 4.72 Å². The summed E-state index contributed by atoms with van der Waals surface area (Å²) in [4.78, 5) is 11.0. The van der Waals surface area contributed by atoms with E-state index in [4.69, 9.17) is 0 Å². The summed E-state index contributed by atoms with van der Waals surface area (Å²) in [6.45, 7) is 1.38. The lowest BCUT2D eigenvalue weighted by Crippen LogP contribution is -2.06. The van der Waals surface area contributed by atoms with Crippen molar-refractivity contribution in [3.05, 3.63) is 29.8 Å². The standard InChI is InChI=1S/C8H9NO3S/c1-6(10)7-4-2-3-5-8(7)9-13(11)12/h2-5,9H,1H3,(H,11,12)/p-1. The van der Waals surface area contributed by atoms with Crippen LogP contribution in [-0.2, 0) is 11.3 Å². The molecule has 1 atom stereocenters. The van der Waals surface area contributed by atoms with Gasteiger partial charge in [-0.15, -0.1) is 0 Å². The van der Waals surface area contributed by atoms with Crippen molar-refractivity contribution in [3.8, 4) is 0 Å². The maximum absolute atomic E-state index is 11.0. The van der Waals surface area contributed by atoms with Crippen LogP contribution in [0.15, 0.2) is 24.3 Å². The average Bonchev–Trinajstić information content (AvgIpc) is 2.03. The summed E-state index contributed by atoms with van der Waals surface area (Å²) in [5.74, 6) is -0.173. The number of hydrogen-bond acceptors (Lipinski definition) is 3. The summed E-state index contributed by atoms with van der Waals surface area (Å²) in [6.07, 6.45) is 0. The molecule has 0 aliphatic rings. The van der Waals surface area contributed by atoms with E-state index >= 15 is 0 Å². The van der Waals surface area contributed by atoms with E-state index in [1.54, 1.807) is 18.2 Å². The second kappa shape index (κ2) is 4.15. The fraction of sp³-hybridized carbons (Fsp3) is 0.125. The Bertz CT molecular complexity index is 351. The molecular formula is C8H8NO3S-. The van der Waals surface area contributed by atoms with E-state index in [2.05, 4.69) is 4.72 Å². The van der Waals surface area contributed by atoms with Crippen molar-refractivity contribution in [1.29, 1.82) is 0 Å². The molecule has 1 unspecified atom stereocenters. The summed E-state index contributed by atoms with van der Waals surface area (Å²) in [7, 11) is 0. The molecule has 0 fully saturated rings. The Labute approximate surface area is 78.4 Å². The number of anilines is 1. The van der Waals surface area contributed by atoms with E-state index in [0.29, 0.717) is 11.3 Å². The molecule has 0 aliphatic heterocycles. The third-order valence-electron chi connectivity index (χ3n) is 1.50. The first-order valence-electron chi connectivity index (χ1n) is 3.57. The molecule has 13 heavy (non-hydrogen) atoms. The van der Waals surface area contributed by atoms with Gasteiger partial charge >= 0.3 is 0 Å². The lowest BCUT2D eigenvalue weighted by atomic mass is 10.1. The van der Waals surface area contributed by atoms with Crippen LogP contribution in [0.2, 0.25) is 0 Å². The number of Topliss-reactive ketones (excluding diaryl/α,β-unsaturated/α-hetero) is 1. The summed E-state index contributed by atoms with van der Waals surface area (Å²) in [5, 5.41) is 0. The number of rotatable bonds is 3. The molecule has 1 aromatic rings. The molecule has 1 rings (SSSR count). The monoisotopic (exact) mass is 198 g/mol. The lowest BCUT2D eigenvalue weighted by Gasteiger charge is -2.11. The molecule has 0 radical (unpaired) electrons. The van der Waals surface area contributed by atoms with Gasteiger partial charge in [0.05, 0.1) is 5.69 Å². The molecule has 5 heteroatoms. The molecular weight excluding hydrogens is 190 g/mol. The van der Waals surface area contributed by atoms with Crippen molar-refractivity contribution in [2.45, 2.75) is 6.92 Å². The second-order valence-corrected chi connectivity index (χ2v) is 3.11. The van der Waals surface area contributed by atoms with E-state index in [1.165, 1.54) is 13.0 Å². The van der Waals surface area contributed by atoms with Crippen LogP contribution in [0.25, 0.3) is 0 Å². The van der Waals surface area contributed by atoms with Gasteiger partial charge in [0.2, 0.25) is 0 Å². The van der Waals surface area contributed by atoms with Crippen LogP contribution in [0.5, 0.6) is 0 Å². The molecule has 0 spiro atoms. The molecule has 1 aromatic carbocycles. The number of benzene rings is 1. The minimum atomic E-state index is -2.40. The highest BCUT2D eigenvalue weighted by molar-refractivity contribution is 7.80. The predicted molar refractivity (Wildman–Crippen MR) is 49.0 cm³/mol. The SMILES string of the molecule is CC(=O)c1ccccc1NS(=O)[O-]. The minimum Gasteiger partial charge on any atom is -0.755 e. The second-order valence-electron chi connectivity index (χ2n) is 2.44. The number of carbonyl (C=O) groups excluding carboxylic acids is 1. The predicted octanol–water partition coefficient (Wildman–Crippen LogP) is 1.10. The summed E-state index contributed by atoms with van der Waals surface area (Å²) in [5.41, 5.74) is 0.676. The Hall–Kier alpha value is -1.20. The molecule has 70 valence electrons. The van der Waals surface area contributed by atoms with Gasteiger partial charge in [-0.1, -0.05) is 12.1 Å². The van der Waals surface area contributed by atoms with Crippen molar-refractivity contribution in [1.82, 2.24) is 0 Å². The van der Waals surface area contributed by atoms with E-state index in [-0.39, 0.29) is 5.78 Å².